The van der Waals surface area contributed by atoms with Crippen LogP contribution in [-0.2, 0) is 38.0 Å². The largest absolute Gasteiger partial charge is 0.479 e. The van der Waals surface area contributed by atoms with Crippen LogP contribution in [0.4, 0.5) is 0 Å². The average Bonchev–Trinajstić information content (AvgIpc) is 3.05. The molecule has 0 aromatic heterocycles. The Morgan fingerprint density at radius 3 is 2.15 bits per heavy atom. The van der Waals surface area contributed by atoms with Crippen molar-refractivity contribution in [3.8, 4) is 0 Å². The number of carboxylic acid groups (broad SMARTS) is 1. The van der Waals surface area contributed by atoms with Crippen molar-refractivity contribution in [3.63, 3.8) is 0 Å². The molecule has 15 heteroatoms. The van der Waals surface area contributed by atoms with Gasteiger partial charge < -0.3 is 64.2 Å². The quantitative estimate of drug-likeness (QED) is 0.124. The van der Waals surface area contributed by atoms with Crippen LogP contribution in [0.25, 0.3) is 0 Å². The molecule has 0 spiro atoms. The third-order valence-corrected chi connectivity index (χ3v) is 9.94. The van der Waals surface area contributed by atoms with Crippen LogP contribution in [0.2, 0.25) is 0 Å². The number of ether oxygens (including phenoxy) is 6. The van der Waals surface area contributed by atoms with Crippen LogP contribution in [-0.4, -0.2) is 141 Å². The molecule has 266 valence electrons. The number of aliphatic hydroxyl groups excluding tert-OH is 6. The van der Waals surface area contributed by atoms with Gasteiger partial charge in [0.05, 0.1) is 32.0 Å². The molecule has 46 heavy (non-hydrogen) atoms. The van der Waals surface area contributed by atoms with Crippen molar-refractivity contribution >= 4 is 11.9 Å². The summed E-state index contributed by atoms with van der Waals surface area (Å²) in [7, 11) is 1.28. The third kappa shape index (κ3) is 9.14. The number of aliphatic carboxylic acids is 1. The maximum atomic E-state index is 12.2. The summed E-state index contributed by atoms with van der Waals surface area (Å²) in [5.41, 5.74) is 0. The van der Waals surface area contributed by atoms with Gasteiger partial charge in [0, 0.05) is 6.42 Å². The van der Waals surface area contributed by atoms with E-state index in [1.165, 1.54) is 14.0 Å². The Morgan fingerprint density at radius 2 is 1.50 bits per heavy atom. The number of aliphatic hydroxyl groups is 6. The summed E-state index contributed by atoms with van der Waals surface area (Å²) in [5.74, 6) is -1.86. The molecular formula is C31H52O15. The van der Waals surface area contributed by atoms with Gasteiger partial charge in [-0.2, -0.15) is 0 Å². The van der Waals surface area contributed by atoms with Crippen LogP contribution in [0, 0.1) is 11.8 Å². The lowest BCUT2D eigenvalue weighted by molar-refractivity contribution is -0.349. The van der Waals surface area contributed by atoms with Gasteiger partial charge in [0.2, 0.25) is 0 Å². The number of carbonyl (C=O) groups is 2. The molecule has 4 rings (SSSR count). The van der Waals surface area contributed by atoms with Crippen molar-refractivity contribution in [2.75, 3.05) is 13.7 Å². The molecule has 0 unspecified atom stereocenters. The lowest BCUT2D eigenvalue weighted by Gasteiger charge is -2.47. The van der Waals surface area contributed by atoms with Gasteiger partial charge in [0.1, 0.15) is 42.7 Å². The number of hydrogen-bond donors (Lipinski definition) is 7. The van der Waals surface area contributed by atoms with E-state index in [0.717, 1.165) is 32.1 Å². The topological polar surface area (TPSA) is 231 Å². The van der Waals surface area contributed by atoms with Gasteiger partial charge in [-0.3, -0.25) is 4.79 Å². The van der Waals surface area contributed by atoms with E-state index in [0.29, 0.717) is 25.7 Å². The minimum Gasteiger partial charge on any atom is -0.479 e. The zero-order chi connectivity index (χ0) is 33.5. The van der Waals surface area contributed by atoms with Crippen LogP contribution >= 0.6 is 0 Å². The fourth-order valence-electron chi connectivity index (χ4n) is 7.18. The zero-order valence-corrected chi connectivity index (χ0v) is 26.5. The molecule has 0 aromatic rings. The summed E-state index contributed by atoms with van der Waals surface area (Å²) in [4.78, 5) is 24.2. The molecule has 14 atom stereocenters. The Balaban J connectivity index is 1.53. The molecule has 0 bridgehead atoms. The maximum absolute atomic E-state index is 12.2. The molecular weight excluding hydrogens is 612 g/mol. The second-order valence-electron chi connectivity index (χ2n) is 13.1. The minimum atomic E-state index is -1.66. The molecule has 2 saturated heterocycles. The normalized spacial score (nSPS) is 41.5. The predicted molar refractivity (Wildman–Crippen MR) is 156 cm³/mol. The molecule has 7 N–H and O–H groups in total. The zero-order valence-electron chi connectivity index (χ0n) is 26.5. The number of carboxylic acids is 1. The van der Waals surface area contributed by atoms with Crippen LogP contribution in [0.15, 0.2) is 0 Å². The smallest absolute Gasteiger partial charge is 0.332 e. The van der Waals surface area contributed by atoms with Crippen molar-refractivity contribution in [2.24, 2.45) is 11.8 Å². The van der Waals surface area contributed by atoms with Gasteiger partial charge >= 0.3 is 11.9 Å². The first-order valence-corrected chi connectivity index (χ1v) is 16.5. The Kier molecular flexibility index (Phi) is 14.0. The Morgan fingerprint density at radius 1 is 0.804 bits per heavy atom. The highest BCUT2D eigenvalue weighted by Gasteiger charge is 2.51. The van der Waals surface area contributed by atoms with Crippen LogP contribution in [0.1, 0.15) is 77.6 Å². The van der Waals surface area contributed by atoms with Crippen molar-refractivity contribution in [1.82, 2.24) is 0 Å². The molecule has 2 heterocycles. The molecule has 0 radical (unpaired) electrons. The second kappa shape index (κ2) is 17.2. The van der Waals surface area contributed by atoms with Gasteiger partial charge in [-0.05, 0) is 44.4 Å². The number of esters is 1. The summed E-state index contributed by atoms with van der Waals surface area (Å²) in [6.45, 7) is 0.853. The summed E-state index contributed by atoms with van der Waals surface area (Å²) < 4.78 is 34.6. The third-order valence-electron chi connectivity index (χ3n) is 9.94. The van der Waals surface area contributed by atoms with Gasteiger partial charge in [0.15, 0.2) is 18.7 Å². The van der Waals surface area contributed by atoms with Gasteiger partial charge in [0.25, 0.3) is 0 Å². The van der Waals surface area contributed by atoms with Gasteiger partial charge in [-0.25, -0.2) is 4.79 Å². The Hall–Kier alpha value is -1.50. The van der Waals surface area contributed by atoms with Crippen molar-refractivity contribution in [1.29, 1.82) is 0 Å². The lowest BCUT2D eigenvalue weighted by atomic mass is 9.81. The first-order chi connectivity index (χ1) is 21.9. The Bertz CT molecular complexity index is 962. The summed E-state index contributed by atoms with van der Waals surface area (Å²) >= 11 is 0. The van der Waals surface area contributed by atoms with Crippen LogP contribution in [0.3, 0.4) is 0 Å². The SMILES string of the molecule is COC(=O)CC[C@H]1CCC[C@@H](O[C@@H]2O[C@H](CO)[C@H](O)[C@H](O[C@@H](CC3CCCCC3)C(=O)O)[C@H]2O)[C@@H]1O[C@@H]1O[C@@H](C)[C@@H](O)[C@@H](O)[C@@H]1O. The predicted octanol–water partition coefficient (Wildman–Crippen LogP) is -0.415. The van der Waals surface area contributed by atoms with E-state index in [9.17, 15) is 45.3 Å². The fraction of sp³-hybridized carbons (Fsp3) is 0.935. The molecule has 15 nitrogen and oxygen atoms in total. The van der Waals surface area contributed by atoms with E-state index >= 15 is 0 Å². The standard InChI is InChI=1S/C31H52O15/c1-15-22(34)24(36)25(37)30(42-15)46-27-17(11-12-21(33)41-2)9-6-10-18(27)44-31-26(38)28(23(35)20(14-32)45-31)43-19(29(39)40)13-16-7-4-3-5-8-16/h15-20,22-28,30-32,34-38H,3-14H2,1-2H3,(H,39,40)/t15-,17+,18+,19-,20+,22+,23-,24+,25-,26+,27+,28-,30-,31+/m0/s1. The van der Waals surface area contributed by atoms with Gasteiger partial charge in [-0.1, -0.05) is 38.5 Å². The van der Waals surface area contributed by atoms with Crippen LogP contribution in [0.5, 0.6) is 0 Å². The lowest BCUT2D eigenvalue weighted by Crippen LogP contribution is -2.63. The van der Waals surface area contributed by atoms with Crippen molar-refractivity contribution < 1.29 is 73.8 Å². The molecule has 2 saturated carbocycles. The van der Waals surface area contributed by atoms with E-state index in [1.807, 2.05) is 0 Å². The fourth-order valence-corrected chi connectivity index (χ4v) is 7.18. The molecule has 2 aliphatic carbocycles. The molecule has 0 aromatic carbocycles. The highest BCUT2D eigenvalue weighted by molar-refractivity contribution is 5.72. The van der Waals surface area contributed by atoms with Crippen LogP contribution < -0.4 is 0 Å². The van der Waals surface area contributed by atoms with E-state index in [4.69, 9.17) is 28.4 Å². The van der Waals surface area contributed by atoms with Crippen molar-refractivity contribution in [2.45, 2.75) is 157 Å². The van der Waals surface area contributed by atoms with E-state index in [-0.39, 0.29) is 24.7 Å². The van der Waals surface area contributed by atoms with E-state index in [2.05, 4.69) is 0 Å². The van der Waals surface area contributed by atoms with E-state index in [1.54, 1.807) is 0 Å². The minimum absolute atomic E-state index is 0.0639. The first-order valence-electron chi connectivity index (χ1n) is 16.5. The Labute approximate surface area is 268 Å². The monoisotopic (exact) mass is 664 g/mol. The number of methoxy groups -OCH3 is 1. The number of carbonyl (C=O) groups excluding carboxylic acids is 1. The number of hydrogen-bond acceptors (Lipinski definition) is 14. The summed E-state index contributed by atoms with van der Waals surface area (Å²) in [5, 5.41) is 73.4. The molecule has 4 aliphatic rings. The molecule has 2 aliphatic heterocycles. The first kappa shape index (κ1) is 37.3. The highest BCUT2D eigenvalue weighted by atomic mass is 16.7. The molecule has 0 amide bonds. The molecule has 4 fully saturated rings. The second-order valence-corrected chi connectivity index (χ2v) is 13.1. The summed E-state index contributed by atoms with van der Waals surface area (Å²) in [6, 6.07) is 0. The van der Waals surface area contributed by atoms with E-state index < -0.39 is 98.3 Å². The number of rotatable bonds is 13. The van der Waals surface area contributed by atoms with Gasteiger partial charge in [-0.15, -0.1) is 0 Å². The van der Waals surface area contributed by atoms with Crippen molar-refractivity contribution in [3.05, 3.63) is 0 Å². The summed E-state index contributed by atoms with van der Waals surface area (Å²) in [6.07, 6.45) is -10.1. The average molecular weight is 665 g/mol. The highest BCUT2D eigenvalue weighted by Crippen LogP contribution is 2.38. The maximum Gasteiger partial charge on any atom is 0.332 e.